The predicted molar refractivity (Wildman–Crippen MR) is 122 cm³/mol. The number of nitrogens with zero attached hydrogens (tertiary/aromatic N) is 3. The Morgan fingerprint density at radius 2 is 1.97 bits per heavy atom. The molecule has 2 aromatic carbocycles. The first kappa shape index (κ1) is 22.1. The second kappa shape index (κ2) is 9.56. The van der Waals surface area contributed by atoms with Gasteiger partial charge >= 0.3 is 0 Å². The maximum absolute atomic E-state index is 13.4. The summed E-state index contributed by atoms with van der Waals surface area (Å²) in [4.78, 5) is 16.3. The molecule has 170 valence electrons. The lowest BCUT2D eigenvalue weighted by Gasteiger charge is -2.36. The molecule has 0 spiro atoms. The molecule has 1 aromatic heterocycles. The summed E-state index contributed by atoms with van der Waals surface area (Å²) in [6, 6.07) is 10.1. The van der Waals surface area contributed by atoms with Crippen LogP contribution in [0.25, 0.3) is 10.9 Å². The molecule has 8 heteroatoms. The van der Waals surface area contributed by atoms with E-state index in [0.29, 0.717) is 29.6 Å². The number of piperazine rings is 1. The lowest BCUT2D eigenvalue weighted by atomic mass is 10.1. The molecule has 1 fully saturated rings. The molecule has 1 N–H and O–H groups in total. The van der Waals surface area contributed by atoms with Crippen LogP contribution in [0.5, 0.6) is 11.5 Å². The fourth-order valence-corrected chi connectivity index (χ4v) is 4.14. The molecular weight excluding hydrogens is 411 g/mol. The standard InChI is InChI=1S/C24H29FN4O3/c1-16(15-32-19-5-7-20(17(2)30)23(13-19)31-3)14-28-8-10-29(11-9-28)24-21-6-4-18(25)12-22(21)26-27-24/h4-7,12-13,16H,8-11,14-15H2,1-3H3,(H,26,27). The molecule has 1 saturated heterocycles. The smallest absolute Gasteiger partial charge is 0.163 e. The number of benzene rings is 2. The Labute approximate surface area is 187 Å². The number of anilines is 1. The van der Waals surface area contributed by atoms with Crippen LogP contribution >= 0.6 is 0 Å². The Morgan fingerprint density at radius 1 is 1.19 bits per heavy atom. The number of Topliss-reactive ketones (excluding diaryl/α,β-unsaturated/α-hetero) is 1. The van der Waals surface area contributed by atoms with Gasteiger partial charge in [-0.3, -0.25) is 14.8 Å². The highest BCUT2D eigenvalue weighted by atomic mass is 19.1. The van der Waals surface area contributed by atoms with Gasteiger partial charge in [-0.1, -0.05) is 6.92 Å². The Morgan fingerprint density at radius 3 is 2.69 bits per heavy atom. The van der Waals surface area contributed by atoms with Gasteiger partial charge in [0.2, 0.25) is 0 Å². The minimum atomic E-state index is -0.262. The molecule has 1 unspecified atom stereocenters. The molecule has 32 heavy (non-hydrogen) atoms. The molecule has 1 aliphatic rings. The zero-order chi connectivity index (χ0) is 22.7. The number of aromatic nitrogens is 2. The van der Waals surface area contributed by atoms with Gasteiger partial charge in [0.05, 0.1) is 24.8 Å². The van der Waals surface area contributed by atoms with Crippen LogP contribution in [0.15, 0.2) is 36.4 Å². The van der Waals surface area contributed by atoms with Gasteiger partial charge in [0, 0.05) is 50.1 Å². The summed E-state index contributed by atoms with van der Waals surface area (Å²) in [6.45, 7) is 8.81. The minimum Gasteiger partial charge on any atom is -0.496 e. The van der Waals surface area contributed by atoms with Gasteiger partial charge in [-0.05, 0) is 37.3 Å². The first-order chi connectivity index (χ1) is 15.4. The van der Waals surface area contributed by atoms with Crippen molar-refractivity contribution in [3.05, 3.63) is 47.8 Å². The average molecular weight is 441 g/mol. The maximum atomic E-state index is 13.4. The van der Waals surface area contributed by atoms with E-state index in [0.717, 1.165) is 49.4 Å². The van der Waals surface area contributed by atoms with Crippen molar-refractivity contribution in [1.29, 1.82) is 0 Å². The van der Waals surface area contributed by atoms with Crippen LogP contribution in [0, 0.1) is 11.7 Å². The largest absolute Gasteiger partial charge is 0.496 e. The quantitative estimate of drug-likeness (QED) is 0.538. The van der Waals surface area contributed by atoms with Gasteiger partial charge in [-0.2, -0.15) is 5.10 Å². The Balaban J connectivity index is 1.27. The summed E-state index contributed by atoms with van der Waals surface area (Å²) < 4.78 is 24.7. The number of aromatic amines is 1. The van der Waals surface area contributed by atoms with Crippen molar-refractivity contribution in [2.24, 2.45) is 5.92 Å². The second-order valence-electron chi connectivity index (χ2n) is 8.36. The number of H-pyrrole nitrogens is 1. The molecule has 4 rings (SSSR count). The summed E-state index contributed by atoms with van der Waals surface area (Å²) in [5, 5.41) is 8.29. The van der Waals surface area contributed by atoms with E-state index < -0.39 is 0 Å². The number of nitrogens with one attached hydrogen (secondary N) is 1. The van der Waals surface area contributed by atoms with E-state index in [1.807, 2.05) is 6.07 Å². The molecule has 0 radical (unpaired) electrons. The van der Waals surface area contributed by atoms with Crippen LogP contribution in [0.2, 0.25) is 0 Å². The lowest BCUT2D eigenvalue weighted by molar-refractivity contribution is 0.101. The first-order valence-electron chi connectivity index (χ1n) is 10.9. The van der Waals surface area contributed by atoms with Gasteiger partial charge < -0.3 is 14.4 Å². The highest BCUT2D eigenvalue weighted by molar-refractivity contribution is 5.97. The predicted octanol–water partition coefficient (Wildman–Crippen LogP) is 3.75. The Kier molecular flexibility index (Phi) is 6.60. The third-order valence-electron chi connectivity index (χ3n) is 5.83. The Hall–Kier alpha value is -3.13. The van der Waals surface area contributed by atoms with Gasteiger partial charge in [0.25, 0.3) is 0 Å². The summed E-state index contributed by atoms with van der Waals surface area (Å²) in [5.74, 6) is 2.17. The van der Waals surface area contributed by atoms with E-state index in [1.54, 1.807) is 25.3 Å². The average Bonchev–Trinajstić information content (AvgIpc) is 3.20. The molecule has 7 nitrogen and oxygen atoms in total. The number of rotatable bonds is 8. The monoisotopic (exact) mass is 440 g/mol. The molecule has 0 amide bonds. The zero-order valence-electron chi connectivity index (χ0n) is 18.7. The lowest BCUT2D eigenvalue weighted by Crippen LogP contribution is -2.48. The number of ketones is 1. The zero-order valence-corrected chi connectivity index (χ0v) is 18.7. The minimum absolute atomic E-state index is 0.0316. The molecule has 1 aliphatic heterocycles. The number of halogens is 1. The summed E-state index contributed by atoms with van der Waals surface area (Å²) >= 11 is 0. The molecule has 0 saturated carbocycles. The maximum Gasteiger partial charge on any atom is 0.163 e. The van der Waals surface area contributed by atoms with Gasteiger partial charge in [-0.25, -0.2) is 4.39 Å². The number of hydrogen-bond acceptors (Lipinski definition) is 6. The number of methoxy groups -OCH3 is 1. The fraction of sp³-hybridized carbons (Fsp3) is 0.417. The van der Waals surface area contributed by atoms with Gasteiger partial charge in [0.15, 0.2) is 11.6 Å². The summed E-state index contributed by atoms with van der Waals surface area (Å²) in [7, 11) is 1.55. The van der Waals surface area contributed by atoms with Crippen molar-refractivity contribution >= 4 is 22.5 Å². The van der Waals surface area contributed by atoms with Crippen LogP contribution in [0.4, 0.5) is 10.2 Å². The van der Waals surface area contributed by atoms with Crippen molar-refractivity contribution < 1.29 is 18.7 Å². The van der Waals surface area contributed by atoms with Crippen molar-refractivity contribution in [2.75, 3.05) is 51.3 Å². The SMILES string of the molecule is COc1cc(OCC(C)CN2CCN(c3n[nH]c4cc(F)ccc34)CC2)ccc1C(C)=O. The van der Waals surface area contributed by atoms with Crippen LogP contribution in [0.1, 0.15) is 24.2 Å². The van der Waals surface area contributed by atoms with E-state index in [2.05, 4.69) is 26.9 Å². The first-order valence-corrected chi connectivity index (χ1v) is 10.9. The van der Waals surface area contributed by atoms with Gasteiger partial charge in [0.1, 0.15) is 17.3 Å². The molecular formula is C24H29FN4O3. The molecule has 1 atom stereocenters. The van der Waals surface area contributed by atoms with Crippen molar-refractivity contribution in [3.63, 3.8) is 0 Å². The molecule has 0 aliphatic carbocycles. The molecule has 3 aromatic rings. The number of ether oxygens (including phenoxy) is 2. The van der Waals surface area contributed by atoms with Crippen molar-refractivity contribution in [2.45, 2.75) is 13.8 Å². The number of carbonyl (C=O) groups is 1. The normalized spacial score (nSPS) is 15.7. The highest BCUT2D eigenvalue weighted by Gasteiger charge is 2.22. The third kappa shape index (κ3) is 4.85. The second-order valence-corrected chi connectivity index (χ2v) is 8.36. The van der Waals surface area contributed by atoms with Gasteiger partial charge in [-0.15, -0.1) is 0 Å². The van der Waals surface area contributed by atoms with E-state index in [4.69, 9.17) is 9.47 Å². The Bertz CT molecular complexity index is 1090. The number of hydrogen-bond donors (Lipinski definition) is 1. The van der Waals surface area contributed by atoms with Crippen LogP contribution in [-0.2, 0) is 0 Å². The number of fused-ring (bicyclic) bond motifs is 1. The highest BCUT2D eigenvalue weighted by Crippen LogP contribution is 2.27. The fourth-order valence-electron chi connectivity index (χ4n) is 4.14. The third-order valence-corrected chi connectivity index (χ3v) is 5.83. The summed E-state index contributed by atoms with van der Waals surface area (Å²) in [6.07, 6.45) is 0. The molecule has 2 heterocycles. The summed E-state index contributed by atoms with van der Waals surface area (Å²) in [5.41, 5.74) is 1.28. The van der Waals surface area contributed by atoms with Crippen molar-refractivity contribution in [1.82, 2.24) is 15.1 Å². The van der Waals surface area contributed by atoms with E-state index >= 15 is 0 Å². The van der Waals surface area contributed by atoms with E-state index in [-0.39, 0.29) is 11.6 Å². The number of carbonyl (C=O) groups excluding carboxylic acids is 1. The van der Waals surface area contributed by atoms with Crippen LogP contribution in [0.3, 0.4) is 0 Å². The van der Waals surface area contributed by atoms with E-state index in [1.165, 1.54) is 19.1 Å². The topological polar surface area (TPSA) is 70.7 Å². The van der Waals surface area contributed by atoms with Crippen LogP contribution < -0.4 is 14.4 Å². The molecule has 0 bridgehead atoms. The van der Waals surface area contributed by atoms with E-state index in [9.17, 15) is 9.18 Å². The van der Waals surface area contributed by atoms with Crippen LogP contribution in [-0.4, -0.2) is 67.3 Å². The van der Waals surface area contributed by atoms with Crippen molar-refractivity contribution in [3.8, 4) is 11.5 Å².